The largest absolute Gasteiger partial charge is 0.382 e. The average molecular weight is 371 g/mol. The summed E-state index contributed by atoms with van der Waals surface area (Å²) in [5, 5.41) is 6.26. The first-order valence-electron chi connectivity index (χ1n) is 9.59. The van der Waals surface area contributed by atoms with Crippen LogP contribution >= 0.6 is 11.3 Å². The number of carbonyl (C=O) groups excluding carboxylic acids is 1. The predicted octanol–water partition coefficient (Wildman–Crippen LogP) is 3.67. The minimum atomic E-state index is 0.0300. The number of thiophene rings is 1. The standard InChI is InChI=1S/C20H26N4OS/c25-20(23-12-11-22-15-4-2-10-21-14-15)19-9-8-18(26-19)17-7-3-13-24(17)16-5-1-6-16/h2,4,8-10,14,16-17,22H,1,3,5-7,11-13H2,(H,23,25). The second kappa shape index (κ2) is 8.18. The molecule has 138 valence electrons. The van der Waals surface area contributed by atoms with Crippen LogP contribution in [-0.2, 0) is 0 Å². The fraction of sp³-hybridized carbons (Fsp3) is 0.500. The highest BCUT2D eigenvalue weighted by Gasteiger charge is 2.35. The zero-order valence-corrected chi connectivity index (χ0v) is 15.8. The van der Waals surface area contributed by atoms with Gasteiger partial charge in [0.25, 0.3) is 5.91 Å². The van der Waals surface area contributed by atoms with Crippen molar-refractivity contribution in [3.05, 3.63) is 46.4 Å². The van der Waals surface area contributed by atoms with E-state index >= 15 is 0 Å². The van der Waals surface area contributed by atoms with E-state index in [-0.39, 0.29) is 5.91 Å². The van der Waals surface area contributed by atoms with Crippen molar-refractivity contribution in [3.63, 3.8) is 0 Å². The van der Waals surface area contributed by atoms with Gasteiger partial charge in [-0.05, 0) is 56.5 Å². The van der Waals surface area contributed by atoms with Gasteiger partial charge < -0.3 is 10.6 Å². The van der Waals surface area contributed by atoms with Crippen molar-refractivity contribution in [2.24, 2.45) is 0 Å². The zero-order valence-electron chi connectivity index (χ0n) is 15.0. The number of aromatic nitrogens is 1. The van der Waals surface area contributed by atoms with Crippen LogP contribution in [-0.4, -0.2) is 41.5 Å². The van der Waals surface area contributed by atoms with Crippen molar-refractivity contribution >= 4 is 22.9 Å². The lowest BCUT2D eigenvalue weighted by Gasteiger charge is -2.38. The van der Waals surface area contributed by atoms with Gasteiger partial charge >= 0.3 is 0 Å². The summed E-state index contributed by atoms with van der Waals surface area (Å²) in [5.74, 6) is 0.0300. The van der Waals surface area contributed by atoms with Crippen molar-refractivity contribution in [1.29, 1.82) is 0 Å². The Hall–Kier alpha value is -1.92. The number of nitrogens with zero attached hydrogens (tertiary/aromatic N) is 2. The second-order valence-electron chi connectivity index (χ2n) is 7.11. The minimum absolute atomic E-state index is 0.0300. The number of hydrogen-bond donors (Lipinski definition) is 2. The van der Waals surface area contributed by atoms with Gasteiger partial charge in [-0.1, -0.05) is 6.42 Å². The van der Waals surface area contributed by atoms with Crippen LogP contribution in [0, 0.1) is 0 Å². The Morgan fingerprint density at radius 1 is 1.19 bits per heavy atom. The Morgan fingerprint density at radius 2 is 2.12 bits per heavy atom. The van der Waals surface area contributed by atoms with E-state index in [2.05, 4.69) is 26.6 Å². The summed E-state index contributed by atoms with van der Waals surface area (Å²) in [4.78, 5) is 21.3. The van der Waals surface area contributed by atoms with Crippen LogP contribution in [0.4, 0.5) is 5.69 Å². The van der Waals surface area contributed by atoms with Crippen molar-refractivity contribution < 1.29 is 4.79 Å². The van der Waals surface area contributed by atoms with Crippen LogP contribution in [0.15, 0.2) is 36.7 Å². The maximum atomic E-state index is 12.4. The molecule has 1 saturated carbocycles. The monoisotopic (exact) mass is 370 g/mol. The molecule has 2 aliphatic rings. The molecular formula is C20H26N4OS. The minimum Gasteiger partial charge on any atom is -0.382 e. The normalized spacial score (nSPS) is 20.7. The Kier molecular flexibility index (Phi) is 5.51. The number of hydrogen-bond acceptors (Lipinski definition) is 5. The molecule has 5 nitrogen and oxygen atoms in total. The van der Waals surface area contributed by atoms with E-state index in [1.54, 1.807) is 23.7 Å². The smallest absolute Gasteiger partial charge is 0.261 e. The van der Waals surface area contributed by atoms with Crippen molar-refractivity contribution in [2.75, 3.05) is 25.0 Å². The molecule has 1 aliphatic heterocycles. The third-order valence-corrected chi connectivity index (χ3v) is 6.60. The first-order valence-corrected chi connectivity index (χ1v) is 10.4. The van der Waals surface area contributed by atoms with Gasteiger partial charge in [-0.3, -0.25) is 14.7 Å². The topological polar surface area (TPSA) is 57.3 Å². The molecule has 0 spiro atoms. The van der Waals surface area contributed by atoms with Gasteiger partial charge in [0.2, 0.25) is 0 Å². The van der Waals surface area contributed by atoms with Gasteiger partial charge in [-0.25, -0.2) is 0 Å². The molecule has 0 radical (unpaired) electrons. The molecule has 2 aromatic rings. The molecule has 2 N–H and O–H groups in total. The average Bonchev–Trinajstić information content (AvgIpc) is 3.27. The summed E-state index contributed by atoms with van der Waals surface area (Å²) in [6.45, 7) is 2.50. The summed E-state index contributed by atoms with van der Waals surface area (Å²) in [6, 6.07) is 9.32. The van der Waals surface area contributed by atoms with E-state index in [0.29, 0.717) is 19.1 Å². The Labute approximate surface area is 158 Å². The van der Waals surface area contributed by atoms with Gasteiger partial charge in [0.1, 0.15) is 0 Å². The summed E-state index contributed by atoms with van der Waals surface area (Å²) in [6.07, 6.45) is 10.1. The number of pyridine rings is 1. The molecule has 4 rings (SSSR count). The molecule has 2 fully saturated rings. The van der Waals surface area contributed by atoms with Gasteiger partial charge in [0, 0.05) is 42.4 Å². The van der Waals surface area contributed by atoms with Crippen molar-refractivity contribution in [2.45, 2.75) is 44.2 Å². The predicted molar refractivity (Wildman–Crippen MR) is 106 cm³/mol. The van der Waals surface area contributed by atoms with Crippen LogP contribution in [0.2, 0.25) is 0 Å². The van der Waals surface area contributed by atoms with E-state index in [4.69, 9.17) is 0 Å². The van der Waals surface area contributed by atoms with Crippen LogP contribution in [0.5, 0.6) is 0 Å². The summed E-state index contributed by atoms with van der Waals surface area (Å²) >= 11 is 1.66. The summed E-state index contributed by atoms with van der Waals surface area (Å²) in [7, 11) is 0. The number of nitrogens with one attached hydrogen (secondary N) is 2. The molecular weight excluding hydrogens is 344 g/mol. The maximum absolute atomic E-state index is 12.4. The van der Waals surface area contributed by atoms with E-state index in [1.807, 2.05) is 18.2 Å². The van der Waals surface area contributed by atoms with E-state index < -0.39 is 0 Å². The molecule has 1 saturated heterocycles. The number of anilines is 1. The fourth-order valence-corrected chi connectivity index (χ4v) is 4.92. The van der Waals surface area contributed by atoms with Gasteiger partial charge in [-0.15, -0.1) is 11.3 Å². The Bertz CT molecular complexity index is 728. The van der Waals surface area contributed by atoms with Crippen molar-refractivity contribution in [1.82, 2.24) is 15.2 Å². The molecule has 1 atom stereocenters. The molecule has 1 aliphatic carbocycles. The lowest BCUT2D eigenvalue weighted by Crippen LogP contribution is -2.39. The summed E-state index contributed by atoms with van der Waals surface area (Å²) < 4.78 is 0. The first-order chi connectivity index (χ1) is 12.8. The van der Waals surface area contributed by atoms with Gasteiger partial charge in [-0.2, -0.15) is 0 Å². The van der Waals surface area contributed by atoms with Crippen molar-refractivity contribution in [3.8, 4) is 0 Å². The highest BCUT2D eigenvalue weighted by atomic mass is 32.1. The fourth-order valence-electron chi connectivity index (χ4n) is 3.84. The molecule has 1 unspecified atom stereocenters. The molecule has 0 bridgehead atoms. The SMILES string of the molecule is O=C(NCCNc1cccnc1)c1ccc(C2CCCN2C2CCC2)s1. The van der Waals surface area contributed by atoms with E-state index in [1.165, 1.54) is 43.5 Å². The quantitative estimate of drug-likeness (QED) is 0.730. The lowest BCUT2D eigenvalue weighted by atomic mass is 9.91. The van der Waals surface area contributed by atoms with Crippen LogP contribution in [0.25, 0.3) is 0 Å². The number of rotatable bonds is 7. The number of amides is 1. The third-order valence-electron chi connectivity index (χ3n) is 5.42. The molecule has 3 heterocycles. The molecule has 26 heavy (non-hydrogen) atoms. The second-order valence-corrected chi connectivity index (χ2v) is 8.22. The molecule has 0 aromatic carbocycles. The summed E-state index contributed by atoms with van der Waals surface area (Å²) in [5.41, 5.74) is 0.970. The number of carbonyl (C=O) groups is 1. The van der Waals surface area contributed by atoms with Crippen LogP contribution in [0.3, 0.4) is 0 Å². The molecule has 1 amide bonds. The zero-order chi connectivity index (χ0) is 17.8. The third kappa shape index (κ3) is 3.91. The Balaban J connectivity index is 1.27. The molecule has 6 heteroatoms. The van der Waals surface area contributed by atoms with Crippen LogP contribution < -0.4 is 10.6 Å². The lowest BCUT2D eigenvalue weighted by molar-refractivity contribution is 0.0959. The number of likely N-dealkylation sites (tertiary alicyclic amines) is 1. The van der Waals surface area contributed by atoms with E-state index in [0.717, 1.165) is 16.6 Å². The Morgan fingerprint density at radius 3 is 2.88 bits per heavy atom. The van der Waals surface area contributed by atoms with Gasteiger partial charge in [0.05, 0.1) is 10.6 Å². The van der Waals surface area contributed by atoms with Gasteiger partial charge in [0.15, 0.2) is 0 Å². The van der Waals surface area contributed by atoms with E-state index in [9.17, 15) is 4.79 Å². The highest BCUT2D eigenvalue weighted by molar-refractivity contribution is 7.14. The maximum Gasteiger partial charge on any atom is 0.261 e. The highest BCUT2D eigenvalue weighted by Crippen LogP contribution is 2.41. The first kappa shape index (κ1) is 17.5. The van der Waals surface area contributed by atoms with Crippen LogP contribution in [0.1, 0.15) is 52.7 Å². The molecule has 2 aromatic heterocycles.